The number of hydrogen-bond donors (Lipinski definition) is 2. The Hall–Kier alpha value is -3.31. The lowest BCUT2D eigenvalue weighted by Crippen LogP contribution is -2.46. The van der Waals surface area contributed by atoms with Gasteiger partial charge in [0.05, 0.1) is 0 Å². The van der Waals surface area contributed by atoms with Crippen LogP contribution in [-0.4, -0.2) is 48.6 Å². The topological polar surface area (TPSA) is 55.8 Å². The Bertz CT molecular complexity index is 1090. The van der Waals surface area contributed by atoms with Crippen molar-refractivity contribution in [3.63, 3.8) is 0 Å². The maximum absolute atomic E-state index is 12.1. The molecule has 0 spiro atoms. The molecule has 172 valence electrons. The summed E-state index contributed by atoms with van der Waals surface area (Å²) in [6.07, 6.45) is 0.940. The third-order valence-electron chi connectivity index (χ3n) is 6.26. The third kappa shape index (κ3) is 5.74. The number of anilines is 1. The zero-order chi connectivity index (χ0) is 23.2. The van der Waals surface area contributed by atoms with Gasteiger partial charge in [0, 0.05) is 50.5 Å². The first-order valence-corrected chi connectivity index (χ1v) is 11.8. The zero-order valence-electron chi connectivity index (χ0n) is 19.6. The third-order valence-corrected chi connectivity index (χ3v) is 6.26. The summed E-state index contributed by atoms with van der Waals surface area (Å²) in [6.45, 7) is 9.79. The Labute approximate surface area is 196 Å². The number of nitrogens with zero attached hydrogens (tertiary/aromatic N) is 2. The molecule has 3 aromatic rings. The second-order valence-corrected chi connectivity index (χ2v) is 8.77. The summed E-state index contributed by atoms with van der Waals surface area (Å²) in [5.74, 6) is 0.293. The number of benzene rings is 3. The number of aromatic hydroxyl groups is 1. The largest absolute Gasteiger partial charge is 0.508 e. The van der Waals surface area contributed by atoms with Crippen LogP contribution in [0.2, 0.25) is 0 Å². The standard InChI is InChI=1S/C28H33N3O2/c1-3-13-29-28(33)23-8-10-25(11-9-23)31-16-14-30(15-17-31)20-22-7-12-27(21(2)18-22)24-5-4-6-26(32)19-24/h4-12,18-19,32H,3,13-17,20H2,1-2H3,(H,29,33). The molecular weight excluding hydrogens is 410 g/mol. The predicted octanol–water partition coefficient (Wildman–Crippen LogP) is 4.83. The van der Waals surface area contributed by atoms with E-state index in [1.165, 1.54) is 16.8 Å². The van der Waals surface area contributed by atoms with Gasteiger partial charge in [-0.3, -0.25) is 9.69 Å². The Morgan fingerprint density at radius 1 is 0.970 bits per heavy atom. The summed E-state index contributed by atoms with van der Waals surface area (Å²) < 4.78 is 0. The van der Waals surface area contributed by atoms with Crippen LogP contribution in [0.4, 0.5) is 5.69 Å². The molecule has 0 bridgehead atoms. The van der Waals surface area contributed by atoms with Crippen LogP contribution in [0, 0.1) is 6.92 Å². The molecule has 5 heteroatoms. The molecule has 5 nitrogen and oxygen atoms in total. The van der Waals surface area contributed by atoms with Crippen molar-refractivity contribution in [2.24, 2.45) is 0 Å². The van der Waals surface area contributed by atoms with E-state index < -0.39 is 0 Å². The molecule has 0 unspecified atom stereocenters. The minimum Gasteiger partial charge on any atom is -0.508 e. The molecule has 0 saturated carbocycles. The maximum atomic E-state index is 12.1. The second kappa shape index (κ2) is 10.5. The van der Waals surface area contributed by atoms with Gasteiger partial charge in [-0.05, 0) is 72.0 Å². The van der Waals surface area contributed by atoms with Crippen molar-refractivity contribution in [3.05, 3.63) is 83.4 Å². The van der Waals surface area contributed by atoms with E-state index in [1.54, 1.807) is 6.07 Å². The quantitative estimate of drug-likeness (QED) is 0.549. The summed E-state index contributed by atoms with van der Waals surface area (Å²) >= 11 is 0. The van der Waals surface area contributed by atoms with Gasteiger partial charge >= 0.3 is 0 Å². The molecule has 0 aliphatic carbocycles. The molecule has 33 heavy (non-hydrogen) atoms. The van der Waals surface area contributed by atoms with Gasteiger partial charge in [0.25, 0.3) is 5.91 Å². The number of carbonyl (C=O) groups is 1. The van der Waals surface area contributed by atoms with Crippen LogP contribution in [0.3, 0.4) is 0 Å². The molecule has 1 aliphatic rings. The number of amides is 1. The first-order chi connectivity index (χ1) is 16.0. The molecular formula is C28H33N3O2. The highest BCUT2D eigenvalue weighted by atomic mass is 16.3. The molecule has 1 amide bonds. The fourth-order valence-electron chi connectivity index (χ4n) is 4.41. The van der Waals surface area contributed by atoms with Crippen molar-refractivity contribution in [3.8, 4) is 16.9 Å². The van der Waals surface area contributed by atoms with Gasteiger partial charge in [0.2, 0.25) is 0 Å². The normalized spacial score (nSPS) is 14.3. The van der Waals surface area contributed by atoms with Crippen LogP contribution in [0.15, 0.2) is 66.7 Å². The van der Waals surface area contributed by atoms with E-state index in [4.69, 9.17) is 0 Å². The van der Waals surface area contributed by atoms with Crippen LogP contribution < -0.4 is 10.2 Å². The van der Waals surface area contributed by atoms with Crippen LogP contribution in [0.1, 0.15) is 34.8 Å². The van der Waals surface area contributed by atoms with Gasteiger partial charge in [0.1, 0.15) is 5.75 Å². The monoisotopic (exact) mass is 443 g/mol. The number of phenols is 1. The summed E-state index contributed by atoms with van der Waals surface area (Å²) in [5.41, 5.74) is 6.63. The van der Waals surface area contributed by atoms with Crippen LogP contribution in [-0.2, 0) is 6.54 Å². The van der Waals surface area contributed by atoms with Gasteiger partial charge in [-0.1, -0.05) is 37.3 Å². The average Bonchev–Trinajstić information content (AvgIpc) is 2.83. The van der Waals surface area contributed by atoms with Crippen molar-refractivity contribution < 1.29 is 9.90 Å². The average molecular weight is 444 g/mol. The van der Waals surface area contributed by atoms with Crippen molar-refractivity contribution >= 4 is 11.6 Å². The first-order valence-electron chi connectivity index (χ1n) is 11.8. The Morgan fingerprint density at radius 2 is 1.73 bits per heavy atom. The minimum absolute atomic E-state index is 0.00130. The molecule has 4 rings (SSSR count). The summed E-state index contributed by atoms with van der Waals surface area (Å²) in [7, 11) is 0. The first kappa shape index (κ1) is 22.9. The predicted molar refractivity (Wildman–Crippen MR) is 135 cm³/mol. The van der Waals surface area contributed by atoms with E-state index in [0.29, 0.717) is 12.3 Å². The van der Waals surface area contributed by atoms with Crippen LogP contribution >= 0.6 is 0 Å². The molecule has 0 aromatic heterocycles. The van der Waals surface area contributed by atoms with Gasteiger partial charge in [-0.15, -0.1) is 0 Å². The van der Waals surface area contributed by atoms with Crippen molar-refractivity contribution in [1.82, 2.24) is 10.2 Å². The van der Waals surface area contributed by atoms with E-state index in [-0.39, 0.29) is 5.91 Å². The SMILES string of the molecule is CCCNC(=O)c1ccc(N2CCN(Cc3ccc(-c4cccc(O)c4)c(C)c3)CC2)cc1. The highest BCUT2D eigenvalue weighted by Crippen LogP contribution is 2.27. The van der Waals surface area contributed by atoms with Crippen molar-refractivity contribution in [1.29, 1.82) is 0 Å². The van der Waals surface area contributed by atoms with E-state index >= 15 is 0 Å². The number of piperazine rings is 1. The lowest BCUT2D eigenvalue weighted by atomic mass is 9.98. The second-order valence-electron chi connectivity index (χ2n) is 8.77. The number of rotatable bonds is 7. The van der Waals surface area contributed by atoms with Gasteiger partial charge in [-0.2, -0.15) is 0 Å². The highest BCUT2D eigenvalue weighted by molar-refractivity contribution is 5.94. The molecule has 3 aromatic carbocycles. The molecule has 1 saturated heterocycles. The number of aryl methyl sites for hydroxylation is 1. The molecule has 0 atom stereocenters. The Morgan fingerprint density at radius 3 is 2.39 bits per heavy atom. The van der Waals surface area contributed by atoms with E-state index in [9.17, 15) is 9.90 Å². The van der Waals surface area contributed by atoms with E-state index in [1.807, 2.05) is 30.3 Å². The Balaban J connectivity index is 1.32. The number of carbonyl (C=O) groups excluding carboxylic acids is 1. The van der Waals surface area contributed by atoms with Gasteiger partial charge < -0.3 is 15.3 Å². The van der Waals surface area contributed by atoms with Crippen LogP contribution in [0.25, 0.3) is 11.1 Å². The molecule has 1 heterocycles. The molecule has 0 radical (unpaired) electrons. The molecule has 1 fully saturated rings. The van der Waals surface area contributed by atoms with E-state index in [0.717, 1.165) is 55.8 Å². The summed E-state index contributed by atoms with van der Waals surface area (Å²) in [4.78, 5) is 17.0. The number of nitrogens with one attached hydrogen (secondary N) is 1. The number of phenolic OH excluding ortho intramolecular Hbond substituents is 1. The minimum atomic E-state index is -0.00130. The smallest absolute Gasteiger partial charge is 0.251 e. The zero-order valence-corrected chi connectivity index (χ0v) is 19.6. The fourth-order valence-corrected chi connectivity index (χ4v) is 4.41. The van der Waals surface area contributed by atoms with E-state index in [2.05, 4.69) is 59.3 Å². The van der Waals surface area contributed by atoms with Crippen LogP contribution in [0.5, 0.6) is 5.75 Å². The van der Waals surface area contributed by atoms with Crippen molar-refractivity contribution in [2.45, 2.75) is 26.8 Å². The van der Waals surface area contributed by atoms with Gasteiger partial charge in [0.15, 0.2) is 0 Å². The highest BCUT2D eigenvalue weighted by Gasteiger charge is 2.18. The molecule has 2 N–H and O–H groups in total. The molecule has 1 aliphatic heterocycles. The van der Waals surface area contributed by atoms with Crippen molar-refractivity contribution in [2.75, 3.05) is 37.6 Å². The van der Waals surface area contributed by atoms with Gasteiger partial charge in [-0.25, -0.2) is 0 Å². The Kier molecular flexibility index (Phi) is 7.30. The fraction of sp³-hybridized carbons (Fsp3) is 0.321. The number of hydrogen-bond acceptors (Lipinski definition) is 4. The lowest BCUT2D eigenvalue weighted by molar-refractivity contribution is 0.0953. The summed E-state index contributed by atoms with van der Waals surface area (Å²) in [5, 5.41) is 12.7. The summed E-state index contributed by atoms with van der Waals surface area (Å²) in [6, 6.07) is 22.0. The maximum Gasteiger partial charge on any atom is 0.251 e. The lowest BCUT2D eigenvalue weighted by Gasteiger charge is -2.36.